The van der Waals surface area contributed by atoms with Crippen molar-refractivity contribution in [2.24, 2.45) is 0 Å². The monoisotopic (exact) mass is 209 g/mol. The Morgan fingerprint density at radius 3 is 1.62 bits per heavy atom. The highest BCUT2D eigenvalue weighted by Gasteiger charge is 1.89. The van der Waals surface area contributed by atoms with Gasteiger partial charge in [0.15, 0.2) is 0 Å². The molecule has 13 heavy (non-hydrogen) atoms. The maximum Gasteiger partial charge on any atom is 0.304 e. The zero-order valence-electron chi connectivity index (χ0n) is 8.72. The van der Waals surface area contributed by atoms with Gasteiger partial charge in [0, 0.05) is 5.88 Å². The molecule has 0 unspecified atom stereocenters. The Bertz CT molecular complexity index is 111. The van der Waals surface area contributed by atoms with E-state index in [0.29, 0.717) is 0 Å². The second-order valence-corrected chi connectivity index (χ2v) is 2.83. The summed E-state index contributed by atoms with van der Waals surface area (Å²) in [5, 5.41) is 7.83. The van der Waals surface area contributed by atoms with Crippen molar-refractivity contribution < 1.29 is 9.90 Å². The lowest BCUT2D eigenvalue weighted by Crippen LogP contribution is -2.21. The molecule has 0 radical (unpaired) electrons. The maximum atomic E-state index is 9.51. The Hall–Kier alpha value is -0.280. The molecule has 0 aliphatic carbocycles. The second kappa shape index (κ2) is 11.7. The molecule has 80 valence electrons. The number of alkyl halides is 1. The number of carboxylic acids is 1. The number of hydrogen-bond acceptors (Lipinski definition) is 2. The number of carboxylic acid groups (broad SMARTS) is 1. The van der Waals surface area contributed by atoms with E-state index in [-0.39, 0.29) is 12.3 Å². The van der Waals surface area contributed by atoms with E-state index in [1.807, 2.05) is 0 Å². The molecule has 0 amide bonds. The molecule has 0 aromatic heterocycles. The van der Waals surface area contributed by atoms with Crippen LogP contribution in [0.2, 0.25) is 0 Å². The molecular weight excluding hydrogens is 190 g/mol. The van der Waals surface area contributed by atoms with Crippen LogP contribution in [-0.4, -0.2) is 41.5 Å². The first-order valence-electron chi connectivity index (χ1n) is 4.62. The third kappa shape index (κ3) is 14.6. The summed E-state index contributed by atoms with van der Waals surface area (Å²) in [6.45, 7) is 10.1. The van der Waals surface area contributed by atoms with Gasteiger partial charge in [0.05, 0.1) is 6.42 Å². The van der Waals surface area contributed by atoms with Gasteiger partial charge >= 0.3 is 5.97 Å². The summed E-state index contributed by atoms with van der Waals surface area (Å²) in [7, 11) is 0. The lowest BCUT2D eigenvalue weighted by molar-refractivity contribution is -0.136. The first kappa shape index (κ1) is 15.2. The summed E-state index contributed by atoms with van der Waals surface area (Å²) in [4.78, 5) is 11.9. The topological polar surface area (TPSA) is 40.5 Å². The molecule has 1 N–H and O–H groups in total. The highest BCUT2D eigenvalue weighted by atomic mass is 35.5. The number of rotatable bonds is 5. The van der Waals surface area contributed by atoms with Crippen LogP contribution in [0.4, 0.5) is 0 Å². The summed E-state index contributed by atoms with van der Waals surface area (Å²) in [6.07, 6.45) is 0.0571. The van der Waals surface area contributed by atoms with E-state index in [0.717, 1.165) is 0 Å². The van der Waals surface area contributed by atoms with Crippen molar-refractivity contribution in [3.05, 3.63) is 0 Å². The number of carbonyl (C=O) groups is 1. The minimum absolute atomic E-state index is 0.0571. The molecule has 0 bridgehead atoms. The van der Waals surface area contributed by atoms with Crippen LogP contribution in [0.1, 0.15) is 27.2 Å². The minimum Gasteiger partial charge on any atom is -0.481 e. The summed E-state index contributed by atoms with van der Waals surface area (Å²) >= 11 is 5.02. The molecule has 0 atom stereocenters. The summed E-state index contributed by atoms with van der Waals surface area (Å²) in [6, 6.07) is 0. The molecule has 0 spiro atoms. The number of aliphatic carboxylic acids is 1. The van der Waals surface area contributed by atoms with Crippen LogP contribution >= 0.6 is 11.6 Å². The van der Waals surface area contributed by atoms with Gasteiger partial charge < -0.3 is 10.0 Å². The molecule has 0 rings (SSSR count). The number of hydrogen-bond donors (Lipinski definition) is 1. The smallest absolute Gasteiger partial charge is 0.304 e. The van der Waals surface area contributed by atoms with Crippen molar-refractivity contribution >= 4 is 17.6 Å². The first-order valence-corrected chi connectivity index (χ1v) is 5.15. The molecule has 0 heterocycles. The Kier molecular flexibility index (Phi) is 13.7. The molecule has 0 aliphatic heterocycles. The van der Waals surface area contributed by atoms with Gasteiger partial charge in [-0.1, -0.05) is 20.8 Å². The molecular formula is C9H20ClNO2. The fourth-order valence-electron chi connectivity index (χ4n) is 0.752. The Labute approximate surface area is 85.7 Å². The van der Waals surface area contributed by atoms with Crippen LogP contribution in [0.25, 0.3) is 0 Å². The van der Waals surface area contributed by atoms with Crippen LogP contribution in [0.15, 0.2) is 0 Å². The number of halogens is 1. The average molecular weight is 210 g/mol. The Morgan fingerprint density at radius 1 is 1.23 bits per heavy atom. The second-order valence-electron chi connectivity index (χ2n) is 2.45. The van der Waals surface area contributed by atoms with Crippen molar-refractivity contribution in [3.8, 4) is 0 Å². The molecule has 0 aliphatic rings. The lowest BCUT2D eigenvalue weighted by atomic mass is 10.5. The fraction of sp³-hybridized carbons (Fsp3) is 0.889. The summed E-state index contributed by atoms with van der Waals surface area (Å²) < 4.78 is 0. The van der Waals surface area contributed by atoms with E-state index in [9.17, 15) is 4.79 Å². The predicted molar refractivity (Wildman–Crippen MR) is 56.4 cm³/mol. The summed E-state index contributed by atoms with van der Waals surface area (Å²) in [5.74, 6) is -0.639. The largest absolute Gasteiger partial charge is 0.481 e. The van der Waals surface area contributed by atoms with Gasteiger partial charge in [-0.05, 0) is 19.6 Å². The predicted octanol–water partition coefficient (Wildman–Crippen LogP) is 2.05. The van der Waals surface area contributed by atoms with Crippen LogP contribution in [0.3, 0.4) is 0 Å². The highest BCUT2D eigenvalue weighted by Crippen LogP contribution is 1.81. The average Bonchev–Trinajstić information content (AvgIpc) is 2.08. The van der Waals surface area contributed by atoms with E-state index in [1.54, 1.807) is 0 Å². The standard InChI is InChI=1S/C6H15N.C3H5ClO2/c1-4-7(5-2)6-3;4-2-1-3(5)6/h4-6H2,1-3H3;1-2H2,(H,5,6). The maximum absolute atomic E-state index is 9.51. The van der Waals surface area contributed by atoms with E-state index in [4.69, 9.17) is 16.7 Å². The minimum atomic E-state index is -0.843. The van der Waals surface area contributed by atoms with Crippen molar-refractivity contribution in [1.82, 2.24) is 4.90 Å². The zero-order chi connectivity index (χ0) is 10.7. The van der Waals surface area contributed by atoms with Crippen LogP contribution in [-0.2, 0) is 4.79 Å². The van der Waals surface area contributed by atoms with Crippen LogP contribution in [0.5, 0.6) is 0 Å². The van der Waals surface area contributed by atoms with Crippen molar-refractivity contribution in [2.75, 3.05) is 25.5 Å². The van der Waals surface area contributed by atoms with E-state index in [1.165, 1.54) is 19.6 Å². The lowest BCUT2D eigenvalue weighted by Gasteiger charge is -2.13. The van der Waals surface area contributed by atoms with Crippen LogP contribution in [0, 0.1) is 0 Å². The third-order valence-corrected chi connectivity index (χ3v) is 1.84. The molecule has 3 nitrogen and oxygen atoms in total. The van der Waals surface area contributed by atoms with Crippen LogP contribution < -0.4 is 0 Å². The van der Waals surface area contributed by atoms with Gasteiger partial charge in [0.25, 0.3) is 0 Å². The molecule has 0 aromatic rings. The molecule has 0 fully saturated rings. The van der Waals surface area contributed by atoms with Gasteiger partial charge in [-0.2, -0.15) is 0 Å². The van der Waals surface area contributed by atoms with Gasteiger partial charge in [0.1, 0.15) is 0 Å². The first-order chi connectivity index (χ1) is 6.12. The number of nitrogens with zero attached hydrogens (tertiary/aromatic N) is 1. The molecule has 0 saturated heterocycles. The van der Waals surface area contributed by atoms with Gasteiger partial charge in [-0.3, -0.25) is 4.79 Å². The van der Waals surface area contributed by atoms with Gasteiger partial charge in [-0.25, -0.2) is 0 Å². The van der Waals surface area contributed by atoms with E-state index < -0.39 is 5.97 Å². The molecule has 4 heteroatoms. The Morgan fingerprint density at radius 2 is 1.62 bits per heavy atom. The zero-order valence-corrected chi connectivity index (χ0v) is 9.47. The fourth-order valence-corrected chi connectivity index (χ4v) is 0.913. The normalized spacial score (nSPS) is 9.31. The third-order valence-electron chi connectivity index (χ3n) is 1.65. The van der Waals surface area contributed by atoms with Crippen molar-refractivity contribution in [1.29, 1.82) is 0 Å². The van der Waals surface area contributed by atoms with Gasteiger partial charge in [-0.15, -0.1) is 11.6 Å². The van der Waals surface area contributed by atoms with Crippen molar-refractivity contribution in [3.63, 3.8) is 0 Å². The van der Waals surface area contributed by atoms with E-state index >= 15 is 0 Å². The highest BCUT2D eigenvalue weighted by molar-refractivity contribution is 6.18. The summed E-state index contributed by atoms with van der Waals surface area (Å²) in [5.41, 5.74) is 0. The quantitative estimate of drug-likeness (QED) is 0.705. The SMILES string of the molecule is CCN(CC)CC.O=C(O)CCCl. The molecule has 0 saturated carbocycles. The Balaban J connectivity index is 0. The van der Waals surface area contributed by atoms with Crippen molar-refractivity contribution in [2.45, 2.75) is 27.2 Å². The molecule has 0 aromatic carbocycles. The van der Waals surface area contributed by atoms with E-state index in [2.05, 4.69) is 25.7 Å². The van der Waals surface area contributed by atoms with Gasteiger partial charge in [0.2, 0.25) is 0 Å².